The highest BCUT2D eigenvalue weighted by atomic mass is 32.2. The lowest BCUT2D eigenvalue weighted by Gasteiger charge is -2.23. The Morgan fingerprint density at radius 1 is 1.05 bits per heavy atom. The van der Waals surface area contributed by atoms with E-state index >= 15 is 0 Å². The third-order valence-electron chi connectivity index (χ3n) is 7.04. The van der Waals surface area contributed by atoms with Crippen molar-refractivity contribution in [2.45, 2.75) is 38.3 Å². The van der Waals surface area contributed by atoms with Gasteiger partial charge in [0.15, 0.2) is 16.4 Å². The zero-order chi connectivity index (χ0) is 29.3. The molecular formula is C30H31N5O5S. The molecule has 0 fully saturated rings. The molecule has 11 heteroatoms. The van der Waals surface area contributed by atoms with Crippen molar-refractivity contribution < 1.29 is 22.7 Å². The zero-order valence-corrected chi connectivity index (χ0v) is 23.8. The summed E-state index contributed by atoms with van der Waals surface area (Å²) in [6.45, 7) is 4.96. The Bertz CT molecular complexity index is 1760. The summed E-state index contributed by atoms with van der Waals surface area (Å²) in [6, 6.07) is 14.8. The van der Waals surface area contributed by atoms with Crippen LogP contribution in [0.4, 0.5) is 17.2 Å². The molecule has 10 nitrogen and oxygen atoms in total. The number of ether oxygens (including phenoxy) is 1. The number of amides is 2. The zero-order valence-electron chi connectivity index (χ0n) is 22.9. The van der Waals surface area contributed by atoms with Crippen molar-refractivity contribution in [1.29, 1.82) is 0 Å². The molecular weight excluding hydrogens is 542 g/mol. The van der Waals surface area contributed by atoms with E-state index in [1.807, 2.05) is 50.2 Å². The number of anilines is 3. The molecule has 3 aromatic carbocycles. The number of aromatic nitrogens is 1. The number of carbonyl (C=O) groups is 2. The van der Waals surface area contributed by atoms with E-state index in [4.69, 9.17) is 10.5 Å². The Morgan fingerprint density at radius 2 is 1.80 bits per heavy atom. The summed E-state index contributed by atoms with van der Waals surface area (Å²) in [5, 5.41) is 10.7. The molecule has 0 aliphatic carbocycles. The predicted octanol–water partition coefficient (Wildman–Crippen LogP) is 4.03. The van der Waals surface area contributed by atoms with E-state index in [9.17, 15) is 18.0 Å². The first-order chi connectivity index (χ1) is 19.6. The van der Waals surface area contributed by atoms with Crippen molar-refractivity contribution in [2.24, 2.45) is 0 Å². The lowest BCUT2D eigenvalue weighted by Crippen LogP contribution is -2.33. The van der Waals surface area contributed by atoms with Crippen LogP contribution in [0.2, 0.25) is 0 Å². The van der Waals surface area contributed by atoms with Crippen LogP contribution in [0.15, 0.2) is 65.7 Å². The fourth-order valence-corrected chi connectivity index (χ4v) is 6.13. The van der Waals surface area contributed by atoms with Crippen molar-refractivity contribution in [2.75, 3.05) is 28.7 Å². The molecule has 0 spiro atoms. The molecule has 0 radical (unpaired) electrons. The van der Waals surface area contributed by atoms with E-state index in [0.717, 1.165) is 21.9 Å². The van der Waals surface area contributed by atoms with Crippen molar-refractivity contribution in [3.63, 3.8) is 0 Å². The third kappa shape index (κ3) is 5.80. The minimum atomic E-state index is -3.60. The summed E-state index contributed by atoms with van der Waals surface area (Å²) in [4.78, 5) is 30.7. The van der Waals surface area contributed by atoms with Crippen molar-refractivity contribution in [1.82, 2.24) is 10.3 Å². The van der Waals surface area contributed by atoms with Gasteiger partial charge in [0.1, 0.15) is 17.6 Å². The quantitative estimate of drug-likeness (QED) is 0.286. The minimum Gasteiger partial charge on any atom is -0.483 e. The molecule has 41 heavy (non-hydrogen) atoms. The number of nitrogens with zero attached hydrogens (tertiary/aromatic N) is 1. The van der Waals surface area contributed by atoms with Crippen LogP contribution in [0.5, 0.6) is 5.75 Å². The van der Waals surface area contributed by atoms with Crippen molar-refractivity contribution in [3.8, 4) is 5.75 Å². The first-order valence-electron chi connectivity index (χ1n) is 13.1. The second-order valence-corrected chi connectivity index (χ2v) is 12.2. The van der Waals surface area contributed by atoms with E-state index in [1.165, 1.54) is 12.1 Å². The summed E-state index contributed by atoms with van der Waals surface area (Å²) in [6.07, 6.45) is 1.62. The Hall–Kier alpha value is -4.64. The SMILES string of the molecule is CCS(=O)(=O)c1ccc2cc1CNC(=O)C(Nc1ccc3c(N)nccc3c1)c1cc(C)c(c(C)c1)OCC(=O)N2. The van der Waals surface area contributed by atoms with Gasteiger partial charge < -0.3 is 26.4 Å². The molecule has 212 valence electrons. The first kappa shape index (κ1) is 27.9. The van der Waals surface area contributed by atoms with Gasteiger partial charge >= 0.3 is 0 Å². The molecule has 5 N–H and O–H groups in total. The van der Waals surface area contributed by atoms with Gasteiger partial charge in [0, 0.05) is 29.5 Å². The molecule has 4 aromatic rings. The molecule has 1 aromatic heterocycles. The van der Waals surface area contributed by atoms with Gasteiger partial charge in [-0.3, -0.25) is 9.59 Å². The van der Waals surface area contributed by atoms with Gasteiger partial charge in [0.05, 0.1) is 10.6 Å². The van der Waals surface area contributed by atoms with E-state index in [0.29, 0.717) is 34.1 Å². The van der Waals surface area contributed by atoms with Gasteiger partial charge in [-0.15, -0.1) is 0 Å². The smallest absolute Gasteiger partial charge is 0.262 e. The molecule has 6 rings (SSSR count). The van der Waals surface area contributed by atoms with Crippen molar-refractivity contribution >= 4 is 49.6 Å². The maximum atomic E-state index is 13.8. The van der Waals surface area contributed by atoms with Gasteiger partial charge in [-0.1, -0.05) is 6.92 Å². The van der Waals surface area contributed by atoms with Gasteiger partial charge in [-0.25, -0.2) is 13.4 Å². The van der Waals surface area contributed by atoms with Crippen LogP contribution in [-0.4, -0.2) is 37.6 Å². The molecule has 2 aliphatic rings. The monoisotopic (exact) mass is 573 g/mol. The Labute approximate surface area is 238 Å². The average Bonchev–Trinajstić information content (AvgIpc) is 2.94. The highest BCUT2D eigenvalue weighted by Gasteiger charge is 2.25. The van der Waals surface area contributed by atoms with Crippen LogP contribution in [0, 0.1) is 13.8 Å². The Morgan fingerprint density at radius 3 is 2.54 bits per heavy atom. The van der Waals surface area contributed by atoms with Crippen LogP contribution < -0.4 is 26.4 Å². The number of nitrogen functional groups attached to an aromatic ring is 1. The van der Waals surface area contributed by atoms with Crippen molar-refractivity contribution in [3.05, 3.63) is 83.0 Å². The van der Waals surface area contributed by atoms with Gasteiger partial charge in [0.25, 0.3) is 5.91 Å². The number of nitrogens with two attached hydrogens (primary N) is 1. The predicted molar refractivity (Wildman–Crippen MR) is 159 cm³/mol. The Balaban J connectivity index is 1.58. The number of fused-ring (bicyclic) bond motifs is 9. The molecule has 2 aliphatic heterocycles. The highest BCUT2D eigenvalue weighted by Crippen LogP contribution is 2.31. The molecule has 1 atom stereocenters. The summed E-state index contributed by atoms with van der Waals surface area (Å²) < 4.78 is 31.5. The molecule has 4 bridgehead atoms. The van der Waals surface area contributed by atoms with Crippen LogP contribution in [0.25, 0.3) is 10.8 Å². The number of rotatable bonds is 4. The van der Waals surface area contributed by atoms with E-state index in [2.05, 4.69) is 20.9 Å². The number of sulfone groups is 1. The molecule has 3 heterocycles. The number of hydrogen-bond acceptors (Lipinski definition) is 8. The molecule has 0 saturated carbocycles. The maximum absolute atomic E-state index is 13.8. The second kappa shape index (κ2) is 11.1. The number of nitrogens with one attached hydrogen (secondary N) is 3. The van der Waals surface area contributed by atoms with E-state index in [-0.39, 0.29) is 29.7 Å². The summed E-state index contributed by atoms with van der Waals surface area (Å²) in [5.41, 5.74) is 9.66. The lowest BCUT2D eigenvalue weighted by molar-refractivity contribution is -0.122. The fraction of sp³-hybridized carbons (Fsp3) is 0.233. The normalized spacial score (nSPS) is 15.8. The van der Waals surface area contributed by atoms with Gasteiger partial charge in [0.2, 0.25) is 5.91 Å². The highest BCUT2D eigenvalue weighted by molar-refractivity contribution is 7.91. The third-order valence-corrected chi connectivity index (χ3v) is 8.87. The molecule has 0 saturated heterocycles. The molecule has 2 amide bonds. The Kier molecular flexibility index (Phi) is 7.55. The summed E-state index contributed by atoms with van der Waals surface area (Å²) in [5.74, 6) is 0.100. The minimum absolute atomic E-state index is 0.0677. The number of aryl methyl sites for hydroxylation is 2. The first-order valence-corrected chi connectivity index (χ1v) is 14.8. The number of carbonyl (C=O) groups excluding carboxylic acids is 2. The van der Waals surface area contributed by atoms with E-state index in [1.54, 1.807) is 19.2 Å². The average molecular weight is 574 g/mol. The van der Waals surface area contributed by atoms with Crippen LogP contribution in [-0.2, 0) is 26.0 Å². The van der Waals surface area contributed by atoms with Crippen LogP contribution in [0.1, 0.15) is 35.2 Å². The van der Waals surface area contributed by atoms with Gasteiger partial charge in [-0.05, 0) is 96.1 Å². The maximum Gasteiger partial charge on any atom is 0.262 e. The van der Waals surface area contributed by atoms with Crippen LogP contribution in [0.3, 0.4) is 0 Å². The topological polar surface area (TPSA) is 153 Å². The summed E-state index contributed by atoms with van der Waals surface area (Å²) >= 11 is 0. The number of hydrogen-bond donors (Lipinski definition) is 4. The van der Waals surface area contributed by atoms with Crippen LogP contribution >= 0.6 is 0 Å². The van der Waals surface area contributed by atoms with Gasteiger partial charge in [-0.2, -0.15) is 0 Å². The lowest BCUT2D eigenvalue weighted by atomic mass is 9.98. The fourth-order valence-electron chi connectivity index (χ4n) is 5.01. The number of pyridine rings is 1. The molecule has 1 unspecified atom stereocenters. The second-order valence-electron chi connectivity index (χ2n) is 9.97. The largest absolute Gasteiger partial charge is 0.483 e. The standard InChI is InChI=1S/C30H31N5O5S/c1-4-41(38,39)25-8-6-22-14-21(25)15-33-30(37)27(35-23-5-7-24-19(13-23)9-10-32-29(24)31)20-11-17(2)28(18(3)12-20)40-16-26(36)34-22/h5-14,27,35H,4,15-16H2,1-3H3,(H2,31,32)(H,33,37)(H,34,36). The van der Waals surface area contributed by atoms with E-state index < -0.39 is 21.8 Å². The summed E-state index contributed by atoms with van der Waals surface area (Å²) in [7, 11) is -3.60. The number of benzene rings is 3.